The van der Waals surface area contributed by atoms with Gasteiger partial charge in [0.25, 0.3) is 6.29 Å². The molecular formula is C68H114NO8+. The Morgan fingerprint density at radius 2 is 0.701 bits per heavy atom. The molecule has 0 saturated heterocycles. The fourth-order valence-electron chi connectivity index (χ4n) is 8.07. The predicted molar refractivity (Wildman–Crippen MR) is 327 cm³/mol. The van der Waals surface area contributed by atoms with Crippen molar-refractivity contribution in [1.29, 1.82) is 0 Å². The van der Waals surface area contributed by atoms with Crippen LogP contribution in [0, 0.1) is 0 Å². The van der Waals surface area contributed by atoms with Crippen molar-refractivity contribution in [2.45, 2.75) is 245 Å². The van der Waals surface area contributed by atoms with Crippen molar-refractivity contribution in [3.8, 4) is 0 Å². The molecule has 0 aromatic heterocycles. The second-order valence-corrected chi connectivity index (χ2v) is 21.2. The lowest BCUT2D eigenvalue weighted by Gasteiger charge is -2.25. The Hall–Kier alpha value is -4.31. The van der Waals surface area contributed by atoms with Crippen LogP contribution in [0.3, 0.4) is 0 Å². The summed E-state index contributed by atoms with van der Waals surface area (Å²) >= 11 is 0. The standard InChI is InChI=1S/C68H113NO8/c1-6-8-10-12-14-16-18-20-21-22-23-24-25-26-27-28-29-30-31-32-33-34-35-36-37-38-39-40-41-42-43-44-45-47-49-51-53-55-57-59-66(71)77-64(63-76-68(67(72)73)74-61-60-69(3,4)5)62-75-65(70)58-56-54-52-50-48-46-19-17-15-13-11-9-7-2/h8-11,14-17,20-21,23-24,26-27,29-30,32-33,46,48,64,68H,6-7,12-13,18-19,22,25,28,31,34-45,47,49-63H2,1-5H3/p+1/b10-8-,11-9-,16-14-,17-15-,21-20-,24-23-,27-26-,30-29-,33-32-,48-46-. The summed E-state index contributed by atoms with van der Waals surface area (Å²) in [6.07, 6.45) is 78.8. The Balaban J connectivity index is 4.05. The number of rotatable bonds is 55. The molecule has 0 radical (unpaired) electrons. The molecule has 0 saturated carbocycles. The Morgan fingerprint density at radius 1 is 0.390 bits per heavy atom. The predicted octanol–water partition coefficient (Wildman–Crippen LogP) is 18.5. The molecule has 0 aliphatic heterocycles. The number of allylic oxidation sites excluding steroid dienone is 20. The first-order chi connectivity index (χ1) is 37.6. The number of nitrogens with zero attached hydrogens (tertiary/aromatic N) is 1. The van der Waals surface area contributed by atoms with Gasteiger partial charge in [-0.05, 0) is 103 Å². The molecule has 2 unspecified atom stereocenters. The Labute approximate surface area is 472 Å². The van der Waals surface area contributed by atoms with Gasteiger partial charge in [0.15, 0.2) is 6.10 Å². The molecule has 0 fully saturated rings. The Morgan fingerprint density at radius 3 is 1.05 bits per heavy atom. The average Bonchev–Trinajstić information content (AvgIpc) is 3.40. The minimum Gasteiger partial charge on any atom is -0.477 e. The summed E-state index contributed by atoms with van der Waals surface area (Å²) in [7, 11) is 5.95. The van der Waals surface area contributed by atoms with Crippen LogP contribution in [0.25, 0.3) is 0 Å². The lowest BCUT2D eigenvalue weighted by Crippen LogP contribution is -2.40. The van der Waals surface area contributed by atoms with Crippen LogP contribution in [0.15, 0.2) is 122 Å². The number of carbonyl (C=O) groups excluding carboxylic acids is 2. The third-order valence-corrected chi connectivity index (χ3v) is 12.7. The van der Waals surface area contributed by atoms with Gasteiger partial charge in [-0.15, -0.1) is 0 Å². The summed E-state index contributed by atoms with van der Waals surface area (Å²) in [5.41, 5.74) is 0. The van der Waals surface area contributed by atoms with Crippen molar-refractivity contribution in [3.05, 3.63) is 122 Å². The third-order valence-electron chi connectivity index (χ3n) is 12.7. The summed E-state index contributed by atoms with van der Waals surface area (Å²) in [6.45, 7) is 4.60. The van der Waals surface area contributed by atoms with Gasteiger partial charge in [-0.25, -0.2) is 4.79 Å². The number of ether oxygens (including phenoxy) is 4. The minimum atomic E-state index is -1.52. The summed E-state index contributed by atoms with van der Waals surface area (Å²) in [5, 5.41) is 9.69. The van der Waals surface area contributed by atoms with Crippen LogP contribution in [0.2, 0.25) is 0 Å². The molecule has 77 heavy (non-hydrogen) atoms. The molecule has 0 aromatic carbocycles. The zero-order valence-corrected chi connectivity index (χ0v) is 49.8. The van der Waals surface area contributed by atoms with E-state index in [1.54, 1.807) is 0 Å². The first kappa shape index (κ1) is 72.7. The number of carboxylic acids is 1. The molecule has 0 heterocycles. The normalized spacial score (nSPS) is 13.6. The van der Waals surface area contributed by atoms with Gasteiger partial charge in [-0.2, -0.15) is 0 Å². The molecule has 0 aliphatic carbocycles. The average molecular weight is 1070 g/mol. The highest BCUT2D eigenvalue weighted by Crippen LogP contribution is 2.16. The van der Waals surface area contributed by atoms with Gasteiger partial charge in [0, 0.05) is 12.8 Å². The third kappa shape index (κ3) is 59.2. The number of hydrogen-bond donors (Lipinski definition) is 1. The van der Waals surface area contributed by atoms with E-state index < -0.39 is 24.3 Å². The lowest BCUT2D eigenvalue weighted by atomic mass is 10.0. The van der Waals surface area contributed by atoms with Crippen LogP contribution in [0.5, 0.6) is 0 Å². The zero-order chi connectivity index (χ0) is 56.2. The maximum Gasteiger partial charge on any atom is 0.361 e. The maximum absolute atomic E-state index is 12.9. The zero-order valence-electron chi connectivity index (χ0n) is 49.8. The van der Waals surface area contributed by atoms with Gasteiger partial charge < -0.3 is 28.5 Å². The van der Waals surface area contributed by atoms with Crippen molar-refractivity contribution in [1.82, 2.24) is 0 Å². The SMILES string of the molecule is CC/C=C\C/C=C\C/C=C\C/C=C\C/C=C\C/C=C\C/C=C\CCCCCCCCCCCCCCCCCCCC(=O)OC(COC(=O)CCCCC/C=C\C/C=C\C/C=C\CC)COC(OCC[N+](C)(C)C)C(=O)O. The van der Waals surface area contributed by atoms with Crippen LogP contribution in [-0.2, 0) is 33.3 Å². The fourth-order valence-corrected chi connectivity index (χ4v) is 8.07. The quantitative estimate of drug-likeness (QED) is 0.0211. The molecular weight excluding hydrogens is 959 g/mol. The monoisotopic (exact) mass is 1070 g/mol. The van der Waals surface area contributed by atoms with E-state index in [4.69, 9.17) is 18.9 Å². The number of carboxylic acid groups (broad SMARTS) is 1. The number of aliphatic carboxylic acids is 1. The van der Waals surface area contributed by atoms with Gasteiger partial charge in [0.2, 0.25) is 0 Å². The minimum absolute atomic E-state index is 0.179. The molecule has 9 nitrogen and oxygen atoms in total. The van der Waals surface area contributed by atoms with Crippen LogP contribution < -0.4 is 0 Å². The van der Waals surface area contributed by atoms with Gasteiger partial charge in [-0.3, -0.25) is 9.59 Å². The molecule has 0 aromatic rings. The van der Waals surface area contributed by atoms with E-state index in [1.165, 1.54) is 96.3 Å². The van der Waals surface area contributed by atoms with Crippen molar-refractivity contribution in [2.24, 2.45) is 0 Å². The molecule has 9 heteroatoms. The molecule has 0 spiro atoms. The fraction of sp³-hybridized carbons (Fsp3) is 0.662. The molecule has 0 bridgehead atoms. The number of hydrogen-bond acceptors (Lipinski definition) is 7. The largest absolute Gasteiger partial charge is 0.477 e. The van der Waals surface area contributed by atoms with Gasteiger partial charge in [-0.1, -0.05) is 238 Å². The van der Waals surface area contributed by atoms with E-state index in [-0.39, 0.29) is 38.6 Å². The van der Waals surface area contributed by atoms with Gasteiger partial charge in [0.1, 0.15) is 13.2 Å². The highest BCUT2D eigenvalue weighted by molar-refractivity contribution is 5.71. The molecule has 0 amide bonds. The van der Waals surface area contributed by atoms with E-state index >= 15 is 0 Å². The van der Waals surface area contributed by atoms with Gasteiger partial charge >= 0.3 is 17.9 Å². The Bertz CT molecular complexity index is 1670. The number of quaternary nitrogens is 1. The molecule has 0 rings (SSSR count). The summed E-state index contributed by atoms with van der Waals surface area (Å²) in [4.78, 5) is 37.3. The van der Waals surface area contributed by atoms with Gasteiger partial charge in [0.05, 0.1) is 34.4 Å². The second kappa shape index (κ2) is 57.9. The van der Waals surface area contributed by atoms with Crippen LogP contribution in [0.1, 0.15) is 232 Å². The van der Waals surface area contributed by atoms with Crippen molar-refractivity contribution < 1.29 is 42.9 Å². The van der Waals surface area contributed by atoms with Crippen LogP contribution in [-0.4, -0.2) is 87.4 Å². The maximum atomic E-state index is 12.9. The Kier molecular flexibility index (Phi) is 54.6. The van der Waals surface area contributed by atoms with E-state index in [1.807, 2.05) is 21.1 Å². The van der Waals surface area contributed by atoms with E-state index in [2.05, 4.69) is 135 Å². The van der Waals surface area contributed by atoms with Crippen molar-refractivity contribution in [3.63, 3.8) is 0 Å². The number of unbranched alkanes of at least 4 members (excludes halogenated alkanes) is 20. The van der Waals surface area contributed by atoms with Crippen molar-refractivity contribution in [2.75, 3.05) is 47.5 Å². The van der Waals surface area contributed by atoms with E-state index in [0.717, 1.165) is 96.3 Å². The summed E-state index contributed by atoms with van der Waals surface area (Å²) < 4.78 is 22.8. The van der Waals surface area contributed by atoms with Crippen LogP contribution >= 0.6 is 0 Å². The molecule has 1 N–H and O–H groups in total. The molecule has 0 aliphatic rings. The first-order valence-corrected chi connectivity index (χ1v) is 30.7. The van der Waals surface area contributed by atoms with E-state index in [0.29, 0.717) is 23.9 Å². The van der Waals surface area contributed by atoms with Crippen LogP contribution in [0.4, 0.5) is 0 Å². The van der Waals surface area contributed by atoms with Crippen molar-refractivity contribution >= 4 is 17.9 Å². The topological polar surface area (TPSA) is 108 Å². The first-order valence-electron chi connectivity index (χ1n) is 30.7. The molecule has 438 valence electrons. The van der Waals surface area contributed by atoms with E-state index in [9.17, 15) is 19.5 Å². The smallest absolute Gasteiger partial charge is 0.361 e. The number of esters is 2. The number of carbonyl (C=O) groups is 3. The lowest BCUT2D eigenvalue weighted by molar-refractivity contribution is -0.870. The highest BCUT2D eigenvalue weighted by Gasteiger charge is 2.25. The second-order valence-electron chi connectivity index (χ2n) is 21.2. The molecule has 2 atom stereocenters. The summed E-state index contributed by atoms with van der Waals surface area (Å²) in [5.74, 6) is -2.05. The summed E-state index contributed by atoms with van der Waals surface area (Å²) in [6, 6.07) is 0. The highest BCUT2D eigenvalue weighted by atomic mass is 16.7. The number of likely N-dealkylation sites (N-methyl/N-ethyl adjacent to an activating group) is 1.